The number of carbonyl (C=O) groups is 1. The van der Waals surface area contributed by atoms with E-state index in [-0.39, 0.29) is 11.9 Å². The van der Waals surface area contributed by atoms with Gasteiger partial charge in [-0.3, -0.25) is 9.78 Å². The predicted molar refractivity (Wildman–Crippen MR) is 103 cm³/mol. The highest BCUT2D eigenvalue weighted by Gasteiger charge is 2.17. The number of nitrogens with one attached hydrogen (secondary N) is 2. The van der Waals surface area contributed by atoms with Crippen molar-refractivity contribution in [1.82, 2.24) is 15.3 Å². The molecule has 3 aromatic rings. The fraction of sp³-hybridized carbons (Fsp3) is 0.333. The van der Waals surface area contributed by atoms with Crippen LogP contribution in [0.5, 0.6) is 0 Å². The van der Waals surface area contributed by atoms with Crippen molar-refractivity contribution in [2.75, 3.05) is 0 Å². The number of para-hydroxylation sites is 1. The first-order valence-electron chi connectivity index (χ1n) is 8.45. The number of rotatable bonds is 7. The molecule has 1 amide bonds. The Morgan fingerprint density at radius 1 is 1.42 bits per heavy atom. The summed E-state index contributed by atoms with van der Waals surface area (Å²) in [5.74, 6) is -0.0125. The van der Waals surface area contributed by atoms with Crippen LogP contribution in [-0.4, -0.2) is 29.8 Å². The molecule has 0 aliphatic heterocycles. The number of fused-ring (bicyclic) bond motifs is 1. The van der Waals surface area contributed by atoms with Crippen molar-refractivity contribution in [3.8, 4) is 0 Å². The molecule has 2 aromatic heterocycles. The zero-order chi connectivity index (χ0) is 16.9. The summed E-state index contributed by atoms with van der Waals surface area (Å²) in [5, 5.41) is 4.44. The molecule has 1 unspecified atom stereocenters. The van der Waals surface area contributed by atoms with E-state index in [0.29, 0.717) is 4.88 Å². The second-order valence-electron chi connectivity index (χ2n) is 6.12. The minimum absolute atomic E-state index is 0.0125. The summed E-state index contributed by atoms with van der Waals surface area (Å²) in [6, 6.07) is 8.44. The summed E-state index contributed by atoms with van der Waals surface area (Å²) < 4.78 is 0. The van der Waals surface area contributed by atoms with E-state index in [0.717, 1.165) is 36.1 Å². The number of aromatic nitrogens is 2. The Hall–Kier alpha value is -2.08. The van der Waals surface area contributed by atoms with Gasteiger partial charge in [-0.2, -0.15) is 0 Å². The average Bonchev–Trinajstić information content (AvgIpc) is 3.19. The zero-order valence-electron chi connectivity index (χ0n) is 14.1. The first-order chi connectivity index (χ1) is 11.7. The Kier molecular flexibility index (Phi) is 5.36. The largest absolute Gasteiger partial charge is 0.361 e. The van der Waals surface area contributed by atoms with Gasteiger partial charge in [-0.15, -0.1) is 11.3 Å². The van der Waals surface area contributed by atoms with Crippen LogP contribution in [0.2, 0.25) is 0 Å². The molecule has 3 rings (SSSR count). The van der Waals surface area contributed by atoms with E-state index in [2.05, 4.69) is 46.6 Å². The first kappa shape index (κ1) is 16.8. The van der Waals surface area contributed by atoms with Gasteiger partial charge in [0.25, 0.3) is 5.91 Å². The van der Waals surface area contributed by atoms with E-state index in [1.807, 2.05) is 13.9 Å². The van der Waals surface area contributed by atoms with Gasteiger partial charge in [0.15, 0.2) is 7.85 Å². The third-order valence-corrected chi connectivity index (χ3v) is 5.14. The van der Waals surface area contributed by atoms with Gasteiger partial charge in [0, 0.05) is 34.2 Å². The molecule has 124 valence electrons. The van der Waals surface area contributed by atoms with Crippen molar-refractivity contribution in [3.63, 3.8) is 0 Å². The Morgan fingerprint density at radius 2 is 2.25 bits per heavy atom. The van der Waals surface area contributed by atoms with E-state index in [1.54, 1.807) is 6.20 Å². The molecule has 0 aliphatic carbocycles. The number of benzene rings is 1. The molecule has 0 saturated heterocycles. The van der Waals surface area contributed by atoms with Gasteiger partial charge in [-0.05, 0) is 24.5 Å². The molecule has 0 saturated carbocycles. The van der Waals surface area contributed by atoms with E-state index in [4.69, 9.17) is 0 Å². The number of aromatic amines is 1. The van der Waals surface area contributed by atoms with Gasteiger partial charge < -0.3 is 10.3 Å². The van der Waals surface area contributed by atoms with Crippen molar-refractivity contribution >= 4 is 40.9 Å². The molecule has 0 fully saturated rings. The molecule has 0 spiro atoms. The summed E-state index contributed by atoms with van der Waals surface area (Å²) in [6.45, 7) is 2.18. The van der Waals surface area contributed by atoms with Gasteiger partial charge in [0.1, 0.15) is 4.88 Å². The zero-order valence-corrected chi connectivity index (χ0v) is 15.0. The number of nitrogens with zero attached hydrogens (tertiary/aromatic N) is 1. The minimum Gasteiger partial charge on any atom is -0.361 e. The highest BCUT2D eigenvalue weighted by atomic mass is 32.1. The second kappa shape index (κ2) is 7.66. The van der Waals surface area contributed by atoms with Crippen LogP contribution in [0, 0.1) is 0 Å². The maximum Gasteiger partial charge on any atom is 0.263 e. The predicted octanol–water partition coefficient (Wildman–Crippen LogP) is 2.41. The SMILES string of the molecule is Bc1ncc(C(=O)NC(CCCC)Cc2c[nH]c3ccccc23)s1. The Morgan fingerprint density at radius 3 is 3.00 bits per heavy atom. The summed E-state index contributed by atoms with van der Waals surface area (Å²) in [6.07, 6.45) is 7.78. The fourth-order valence-electron chi connectivity index (χ4n) is 2.96. The number of H-pyrrole nitrogens is 1. The van der Waals surface area contributed by atoms with Gasteiger partial charge in [-0.1, -0.05) is 38.0 Å². The summed E-state index contributed by atoms with van der Waals surface area (Å²) >= 11 is 1.44. The summed E-state index contributed by atoms with van der Waals surface area (Å²) in [7, 11) is 1.92. The topological polar surface area (TPSA) is 57.8 Å². The lowest BCUT2D eigenvalue weighted by Gasteiger charge is -2.18. The van der Waals surface area contributed by atoms with Crippen LogP contribution < -0.4 is 10.2 Å². The molecule has 4 nitrogen and oxygen atoms in total. The van der Waals surface area contributed by atoms with Crippen LogP contribution in [0.1, 0.15) is 41.4 Å². The molecule has 0 radical (unpaired) electrons. The monoisotopic (exact) mass is 339 g/mol. The van der Waals surface area contributed by atoms with E-state index in [1.165, 1.54) is 22.3 Å². The third kappa shape index (κ3) is 3.87. The Bertz CT molecular complexity index is 826. The van der Waals surface area contributed by atoms with Gasteiger partial charge >= 0.3 is 0 Å². The summed E-state index contributed by atoms with van der Waals surface area (Å²) in [5.41, 5.74) is 2.40. The molecule has 0 bridgehead atoms. The van der Waals surface area contributed by atoms with Crippen LogP contribution in [0.4, 0.5) is 0 Å². The molecule has 0 aliphatic rings. The van der Waals surface area contributed by atoms with Crippen LogP contribution in [0.3, 0.4) is 0 Å². The first-order valence-corrected chi connectivity index (χ1v) is 9.27. The van der Waals surface area contributed by atoms with Crippen molar-refractivity contribution in [2.45, 2.75) is 38.6 Å². The average molecular weight is 339 g/mol. The molecule has 1 atom stereocenters. The van der Waals surface area contributed by atoms with E-state index < -0.39 is 0 Å². The molecule has 1 aromatic carbocycles. The molecule has 2 heterocycles. The van der Waals surface area contributed by atoms with Crippen LogP contribution in [0.15, 0.2) is 36.7 Å². The highest BCUT2D eigenvalue weighted by molar-refractivity contribution is 7.21. The highest BCUT2D eigenvalue weighted by Crippen LogP contribution is 2.20. The van der Waals surface area contributed by atoms with Crippen molar-refractivity contribution < 1.29 is 4.79 Å². The Labute approximate surface area is 147 Å². The number of amides is 1. The molecular weight excluding hydrogens is 317 g/mol. The maximum atomic E-state index is 12.5. The van der Waals surface area contributed by atoms with Crippen LogP contribution in [0.25, 0.3) is 10.9 Å². The number of carbonyl (C=O) groups excluding carboxylic acids is 1. The number of thiazole rings is 1. The van der Waals surface area contributed by atoms with E-state index >= 15 is 0 Å². The maximum absolute atomic E-state index is 12.5. The molecule has 2 N–H and O–H groups in total. The number of unbranched alkanes of at least 4 members (excludes halogenated alkanes) is 1. The molecule has 24 heavy (non-hydrogen) atoms. The number of hydrogen-bond acceptors (Lipinski definition) is 3. The van der Waals surface area contributed by atoms with Gasteiger partial charge in [0.05, 0.1) is 0 Å². The third-order valence-electron chi connectivity index (χ3n) is 4.23. The smallest absolute Gasteiger partial charge is 0.263 e. The quantitative estimate of drug-likeness (QED) is 0.650. The van der Waals surface area contributed by atoms with Crippen LogP contribution in [-0.2, 0) is 6.42 Å². The van der Waals surface area contributed by atoms with Crippen molar-refractivity contribution in [2.24, 2.45) is 0 Å². The molecular formula is C18H22BN3OS. The summed E-state index contributed by atoms with van der Waals surface area (Å²) in [4.78, 5) is 21.6. The van der Waals surface area contributed by atoms with Gasteiger partial charge in [0.2, 0.25) is 0 Å². The lowest BCUT2D eigenvalue weighted by atomic mass is 10.0. The van der Waals surface area contributed by atoms with Crippen molar-refractivity contribution in [1.29, 1.82) is 0 Å². The van der Waals surface area contributed by atoms with Crippen LogP contribution >= 0.6 is 11.3 Å². The van der Waals surface area contributed by atoms with Gasteiger partial charge in [-0.25, -0.2) is 0 Å². The standard InChI is InChI=1S/C18H22BN3OS/c1-2-3-6-13(22-17(23)16-11-21-18(19)24-16)9-12-10-20-15-8-5-4-7-14(12)15/h4-5,7-8,10-11,13,20H,2-3,6,9,19H2,1H3,(H,22,23). The lowest BCUT2D eigenvalue weighted by molar-refractivity contribution is 0.0938. The minimum atomic E-state index is -0.0125. The fourth-order valence-corrected chi connectivity index (χ4v) is 3.65. The molecule has 6 heteroatoms. The van der Waals surface area contributed by atoms with E-state index in [9.17, 15) is 4.79 Å². The second-order valence-corrected chi connectivity index (χ2v) is 7.35. The number of hydrogen-bond donors (Lipinski definition) is 2. The normalized spacial score (nSPS) is 12.4. The van der Waals surface area contributed by atoms with Crippen molar-refractivity contribution in [3.05, 3.63) is 47.1 Å². The Balaban J connectivity index is 1.75. The lowest BCUT2D eigenvalue weighted by Crippen LogP contribution is -2.36.